The number of aliphatic imine (C=N–C) groups is 1. The fourth-order valence-electron chi connectivity index (χ4n) is 0.478. The van der Waals surface area contributed by atoms with Crippen molar-refractivity contribution in [3.8, 4) is 0 Å². The number of guanidine groups is 2. The molecule has 0 bridgehead atoms. The first-order valence-electron chi connectivity index (χ1n) is 6.85. The molecule has 1 aliphatic rings. The predicted molar refractivity (Wildman–Crippen MR) is 53.2 cm³/mol. The van der Waals surface area contributed by atoms with E-state index < -0.39 is 38.0 Å². The third kappa shape index (κ3) is 3.95. The largest absolute Gasteiger partial charge is 0.378 e. The summed E-state index contributed by atoms with van der Waals surface area (Å²) in [5.41, 5.74) is 10.3. The molecule has 0 aliphatic carbocycles. The Morgan fingerprint density at radius 1 is 1.46 bits per heavy atom. The van der Waals surface area contributed by atoms with E-state index >= 15 is 0 Å². The Morgan fingerprint density at radius 3 is 2.46 bits per heavy atom. The summed E-state index contributed by atoms with van der Waals surface area (Å²) < 4.78 is 64.3. The lowest BCUT2D eigenvalue weighted by Crippen LogP contribution is -2.45. The predicted octanol–water partition coefficient (Wildman–Crippen LogP) is -1.05. The Bertz CT molecular complexity index is 442. The maximum atomic E-state index is 7.61. The van der Waals surface area contributed by atoms with Crippen molar-refractivity contribution in [3.05, 3.63) is 0 Å². The highest BCUT2D eigenvalue weighted by Gasteiger charge is 2.11. The summed E-state index contributed by atoms with van der Waals surface area (Å²) in [5, 5.41) is 6.92. The van der Waals surface area contributed by atoms with Gasteiger partial charge in [-0.05, 0) is 0 Å². The van der Waals surface area contributed by atoms with Crippen LogP contribution in [-0.4, -0.2) is 42.9 Å². The van der Waals surface area contributed by atoms with E-state index in [1.807, 2.05) is 0 Å². The van der Waals surface area contributed by atoms with E-state index in [0.29, 0.717) is 0 Å². The van der Waals surface area contributed by atoms with Crippen molar-refractivity contribution in [2.24, 2.45) is 16.5 Å². The fraction of sp³-hybridized carbons (Fsp3) is 0.667. The highest BCUT2D eigenvalue weighted by Crippen LogP contribution is 1.95. The summed E-state index contributed by atoms with van der Waals surface area (Å²) in [4.78, 5) is 3.07. The van der Waals surface area contributed by atoms with E-state index in [2.05, 4.69) is 9.73 Å². The van der Waals surface area contributed by atoms with Crippen LogP contribution in [0.5, 0.6) is 0 Å². The number of hydrogen-bond donors (Lipinski definition) is 3. The number of hydrogen-bond acceptors (Lipinski definition) is 2. The van der Waals surface area contributed by atoms with Crippen LogP contribution in [0.3, 0.4) is 0 Å². The molecule has 0 spiro atoms. The lowest BCUT2D eigenvalue weighted by molar-refractivity contribution is 0.0676. The van der Waals surface area contributed by atoms with Gasteiger partial charge in [0.1, 0.15) is 0 Å². The molecule has 1 rings (SSSR count). The number of nitrogens with two attached hydrogens (primary N) is 2. The van der Waals surface area contributed by atoms with Crippen molar-refractivity contribution in [1.29, 1.82) is 5.41 Å². The minimum Gasteiger partial charge on any atom is -0.378 e. The van der Waals surface area contributed by atoms with Crippen LogP contribution in [0.25, 0.3) is 0 Å². The molecule has 1 fully saturated rings. The molecule has 0 aromatic heterocycles. The smallest absolute Gasteiger partial charge is 0.215 e. The van der Waals surface area contributed by atoms with Crippen LogP contribution in [-0.2, 0) is 4.74 Å². The van der Waals surface area contributed by atoms with Gasteiger partial charge in [0.2, 0.25) is 5.96 Å². The van der Waals surface area contributed by atoms with E-state index in [1.54, 1.807) is 0 Å². The monoisotopic (exact) mass is 215 g/mol. The van der Waals surface area contributed by atoms with Crippen molar-refractivity contribution in [2.75, 3.05) is 26.1 Å². The Morgan fingerprint density at radius 2 is 2.00 bits per heavy atom. The SMILES string of the molecule is Cl.[2H]C1([2H])OC([2H])([2H])C([2H])([2H])N(C(N)=NC(=N)N)C1([2H])[2H]. The average Bonchev–Trinajstić information content (AvgIpc) is 2.10. The zero-order valence-corrected chi connectivity index (χ0v) is 7.18. The van der Waals surface area contributed by atoms with Gasteiger partial charge in [-0.25, -0.2) is 0 Å². The van der Waals surface area contributed by atoms with Gasteiger partial charge in [-0.2, -0.15) is 4.99 Å². The summed E-state index contributed by atoms with van der Waals surface area (Å²) in [6.07, 6.45) is 0. The molecule has 0 aromatic carbocycles. The first kappa shape index (κ1) is 4.02. The van der Waals surface area contributed by atoms with Gasteiger partial charge in [0.25, 0.3) is 0 Å². The Kier molecular flexibility index (Phi) is 1.73. The van der Waals surface area contributed by atoms with Gasteiger partial charge in [-0.3, -0.25) is 5.41 Å². The van der Waals surface area contributed by atoms with E-state index in [1.165, 1.54) is 0 Å². The van der Waals surface area contributed by atoms with Crippen LogP contribution in [0.15, 0.2) is 4.99 Å². The number of nitrogens with zero attached hydrogens (tertiary/aromatic N) is 2. The van der Waals surface area contributed by atoms with Crippen LogP contribution in [0, 0.1) is 5.41 Å². The summed E-state index contributed by atoms with van der Waals surface area (Å²) in [7, 11) is 0. The van der Waals surface area contributed by atoms with Gasteiger partial charge in [0.05, 0.1) is 24.1 Å². The number of rotatable bonds is 0. The van der Waals surface area contributed by atoms with Crippen molar-refractivity contribution in [1.82, 2.24) is 4.90 Å². The maximum absolute atomic E-state index is 7.61. The summed E-state index contributed by atoms with van der Waals surface area (Å²) in [6.45, 7) is -12.8. The molecule has 0 unspecified atom stereocenters. The van der Waals surface area contributed by atoms with Crippen LogP contribution < -0.4 is 11.5 Å². The minimum atomic E-state index is -3.22. The van der Waals surface area contributed by atoms with E-state index in [0.717, 1.165) is 0 Å². The second-order valence-electron chi connectivity index (χ2n) is 1.72. The molecule has 0 radical (unpaired) electrons. The van der Waals surface area contributed by atoms with Gasteiger partial charge >= 0.3 is 0 Å². The van der Waals surface area contributed by atoms with Gasteiger partial charge < -0.3 is 21.1 Å². The maximum Gasteiger partial charge on any atom is 0.215 e. The van der Waals surface area contributed by atoms with E-state index in [-0.39, 0.29) is 17.3 Å². The van der Waals surface area contributed by atoms with Crippen molar-refractivity contribution in [2.45, 2.75) is 0 Å². The van der Waals surface area contributed by atoms with Crippen molar-refractivity contribution in [3.63, 3.8) is 0 Å². The van der Waals surface area contributed by atoms with Crippen molar-refractivity contribution < 1.29 is 15.7 Å². The van der Waals surface area contributed by atoms with Gasteiger partial charge in [-0.15, -0.1) is 12.4 Å². The minimum absolute atomic E-state index is 0. The highest BCUT2D eigenvalue weighted by molar-refractivity contribution is 5.91. The normalized spacial score (nSPS) is 42.5. The average molecular weight is 216 g/mol. The molecule has 6 nitrogen and oxygen atoms in total. The standard InChI is InChI=1S/C6H13N5O.ClH/c7-5(8)10-6(9)11-1-3-12-4-2-11;/h1-4H2,(H5,7,8,9,10);1H/i1D2,2D2,3D2,4D2;. The molecule has 0 aromatic rings. The topological polar surface area (TPSA) is 101 Å². The molecule has 1 heterocycles. The first-order chi connectivity index (χ1) is 8.67. The molecule has 0 saturated carbocycles. The highest BCUT2D eigenvalue weighted by atomic mass is 35.5. The second-order valence-corrected chi connectivity index (χ2v) is 1.72. The van der Waals surface area contributed by atoms with Gasteiger partial charge in [0, 0.05) is 13.0 Å². The Balaban J connectivity index is 0.00000400. The Hall–Kier alpha value is -1.01. The summed E-state index contributed by atoms with van der Waals surface area (Å²) >= 11 is 0. The van der Waals surface area contributed by atoms with E-state index in [9.17, 15) is 0 Å². The van der Waals surface area contributed by atoms with Crippen LogP contribution in [0.1, 0.15) is 11.0 Å². The molecule has 1 aliphatic heterocycles. The molecular weight excluding hydrogens is 194 g/mol. The van der Waals surface area contributed by atoms with Crippen LogP contribution in [0.4, 0.5) is 0 Å². The third-order valence-corrected chi connectivity index (χ3v) is 0.881. The zero-order valence-electron chi connectivity index (χ0n) is 14.4. The molecule has 5 N–H and O–H groups in total. The lowest BCUT2D eigenvalue weighted by Gasteiger charge is -2.27. The molecule has 7 heteroatoms. The quantitative estimate of drug-likeness (QED) is 0.355. The molecule has 0 atom stereocenters. The second kappa shape index (κ2) is 5.60. The number of halogens is 1. The molecule has 76 valence electrons. The number of morpholine rings is 1. The van der Waals surface area contributed by atoms with Gasteiger partial charge in [0.15, 0.2) is 5.96 Å². The number of nitrogens with one attached hydrogen (secondary N) is 1. The fourth-order valence-corrected chi connectivity index (χ4v) is 0.478. The molecular formula is C6H14ClN5O. The van der Waals surface area contributed by atoms with Crippen LogP contribution >= 0.6 is 12.4 Å². The summed E-state index contributed by atoms with van der Waals surface area (Å²) in [5.74, 6) is -1.86. The van der Waals surface area contributed by atoms with Crippen LogP contribution in [0.2, 0.25) is 0 Å². The molecule has 1 saturated heterocycles. The number of ether oxygens (including phenoxy) is 1. The molecule has 13 heavy (non-hydrogen) atoms. The zero-order chi connectivity index (χ0) is 16.1. The summed E-state index contributed by atoms with van der Waals surface area (Å²) in [6, 6.07) is 0. The van der Waals surface area contributed by atoms with Gasteiger partial charge in [-0.1, -0.05) is 0 Å². The van der Waals surface area contributed by atoms with E-state index in [4.69, 9.17) is 27.8 Å². The first-order valence-corrected chi connectivity index (χ1v) is 2.85. The van der Waals surface area contributed by atoms with Crippen molar-refractivity contribution >= 4 is 24.3 Å². The third-order valence-electron chi connectivity index (χ3n) is 0.881. The Labute approximate surface area is 94.1 Å². The lowest BCUT2D eigenvalue weighted by atomic mass is 10.4. The molecule has 0 amide bonds.